The minimum Gasteiger partial charge on any atom is -0.310 e. The van der Waals surface area contributed by atoms with Gasteiger partial charge in [0.25, 0.3) is 0 Å². The van der Waals surface area contributed by atoms with Crippen LogP contribution in [-0.4, -0.2) is 17.3 Å². The molecule has 0 amide bonds. The maximum absolute atomic E-state index is 8.05. The zero-order chi connectivity index (χ0) is 12.6. The Morgan fingerprint density at radius 2 is 1.94 bits per heavy atom. The molecule has 0 bridgehead atoms. The SMILES string of the molecule is CC(=N)C(C1NC(C2CC2)NS1)C(C)C(C)C. The molecule has 3 nitrogen and oxygen atoms in total. The molecule has 1 saturated carbocycles. The summed E-state index contributed by atoms with van der Waals surface area (Å²) in [5.74, 6) is 2.35. The summed E-state index contributed by atoms with van der Waals surface area (Å²) < 4.78 is 3.51. The lowest BCUT2D eigenvalue weighted by molar-refractivity contribution is 0.305. The normalized spacial score (nSPS) is 32.8. The second-order valence-corrected chi connectivity index (χ2v) is 6.93. The summed E-state index contributed by atoms with van der Waals surface area (Å²) in [4.78, 5) is 0. The number of hydrogen-bond donors (Lipinski definition) is 3. The molecule has 17 heavy (non-hydrogen) atoms. The Morgan fingerprint density at radius 3 is 2.41 bits per heavy atom. The molecule has 0 radical (unpaired) electrons. The van der Waals surface area contributed by atoms with Gasteiger partial charge in [0.2, 0.25) is 0 Å². The maximum Gasteiger partial charge on any atom is 0.0775 e. The quantitative estimate of drug-likeness (QED) is 0.523. The first-order valence-electron chi connectivity index (χ1n) is 6.73. The van der Waals surface area contributed by atoms with E-state index in [1.165, 1.54) is 12.8 Å². The molecule has 1 aliphatic heterocycles. The fourth-order valence-corrected chi connectivity index (χ4v) is 3.91. The lowest BCUT2D eigenvalue weighted by Gasteiger charge is -2.30. The first-order chi connectivity index (χ1) is 8.00. The van der Waals surface area contributed by atoms with E-state index < -0.39 is 0 Å². The van der Waals surface area contributed by atoms with Gasteiger partial charge < -0.3 is 5.41 Å². The first kappa shape index (κ1) is 13.4. The Labute approximate surface area is 109 Å². The average Bonchev–Trinajstić information content (AvgIpc) is 2.99. The monoisotopic (exact) mass is 255 g/mol. The molecule has 2 fully saturated rings. The average molecular weight is 255 g/mol. The summed E-state index contributed by atoms with van der Waals surface area (Å²) in [7, 11) is 0. The minimum atomic E-state index is 0.344. The van der Waals surface area contributed by atoms with E-state index in [0.29, 0.717) is 29.3 Å². The standard InChI is InChI=1S/C13H25N3S/c1-7(2)8(3)11(9(4)14)13-15-12(16-17-13)10-5-6-10/h7-8,10-16H,5-6H2,1-4H3. The van der Waals surface area contributed by atoms with Crippen molar-refractivity contribution in [2.75, 3.05) is 0 Å². The van der Waals surface area contributed by atoms with E-state index in [4.69, 9.17) is 5.41 Å². The molecule has 98 valence electrons. The zero-order valence-electron chi connectivity index (χ0n) is 11.3. The van der Waals surface area contributed by atoms with Crippen LogP contribution in [0.15, 0.2) is 0 Å². The molecule has 0 aromatic carbocycles. The molecule has 2 rings (SSSR count). The van der Waals surface area contributed by atoms with Crippen molar-refractivity contribution >= 4 is 17.7 Å². The van der Waals surface area contributed by atoms with Crippen LogP contribution in [0.3, 0.4) is 0 Å². The molecule has 1 heterocycles. The highest BCUT2D eigenvalue weighted by atomic mass is 32.2. The van der Waals surface area contributed by atoms with Crippen LogP contribution in [0.25, 0.3) is 0 Å². The summed E-state index contributed by atoms with van der Waals surface area (Å²) in [6.45, 7) is 8.74. The second kappa shape index (κ2) is 5.29. The van der Waals surface area contributed by atoms with Crippen molar-refractivity contribution in [3.8, 4) is 0 Å². The van der Waals surface area contributed by atoms with Crippen LogP contribution < -0.4 is 10.0 Å². The summed E-state index contributed by atoms with van der Waals surface area (Å²) in [6.07, 6.45) is 3.18. The third-order valence-corrected chi connectivity index (χ3v) is 5.28. The van der Waals surface area contributed by atoms with Crippen LogP contribution in [0, 0.1) is 29.1 Å². The van der Waals surface area contributed by atoms with Gasteiger partial charge in [-0.2, -0.15) is 0 Å². The number of hydrogen-bond acceptors (Lipinski definition) is 4. The van der Waals surface area contributed by atoms with Crippen LogP contribution in [-0.2, 0) is 0 Å². The Kier molecular flexibility index (Phi) is 4.16. The molecule has 4 heteroatoms. The summed E-state index contributed by atoms with van der Waals surface area (Å²) >= 11 is 1.80. The smallest absolute Gasteiger partial charge is 0.0775 e. The third kappa shape index (κ3) is 3.04. The topological polar surface area (TPSA) is 47.9 Å². The van der Waals surface area contributed by atoms with Gasteiger partial charge in [0.15, 0.2) is 0 Å². The van der Waals surface area contributed by atoms with Gasteiger partial charge in [0.1, 0.15) is 0 Å². The third-order valence-electron chi connectivity index (χ3n) is 4.20. The van der Waals surface area contributed by atoms with E-state index in [2.05, 4.69) is 30.8 Å². The van der Waals surface area contributed by atoms with E-state index in [9.17, 15) is 0 Å². The summed E-state index contributed by atoms with van der Waals surface area (Å²) in [6, 6.07) is 0. The highest BCUT2D eigenvalue weighted by molar-refractivity contribution is 7.98. The van der Waals surface area contributed by atoms with Crippen LogP contribution in [0.4, 0.5) is 0 Å². The Bertz CT molecular complexity index is 288. The predicted molar refractivity (Wildman–Crippen MR) is 75.1 cm³/mol. The van der Waals surface area contributed by atoms with E-state index in [0.717, 1.165) is 11.6 Å². The molecule has 0 aromatic rings. The highest BCUT2D eigenvalue weighted by Gasteiger charge is 2.41. The summed E-state index contributed by atoms with van der Waals surface area (Å²) in [5, 5.41) is 12.1. The van der Waals surface area contributed by atoms with Gasteiger partial charge in [-0.15, -0.1) is 0 Å². The first-order valence-corrected chi connectivity index (χ1v) is 7.61. The van der Waals surface area contributed by atoms with Gasteiger partial charge in [0.05, 0.1) is 11.5 Å². The van der Waals surface area contributed by atoms with Crippen molar-refractivity contribution in [2.45, 2.75) is 52.1 Å². The van der Waals surface area contributed by atoms with Crippen LogP contribution >= 0.6 is 11.9 Å². The molecule has 0 spiro atoms. The largest absolute Gasteiger partial charge is 0.310 e. The fourth-order valence-electron chi connectivity index (χ4n) is 2.54. The van der Waals surface area contributed by atoms with Crippen molar-refractivity contribution in [3.05, 3.63) is 0 Å². The Morgan fingerprint density at radius 1 is 1.29 bits per heavy atom. The van der Waals surface area contributed by atoms with Gasteiger partial charge in [-0.05, 0) is 37.5 Å². The molecule has 4 unspecified atom stereocenters. The molecular weight excluding hydrogens is 230 g/mol. The van der Waals surface area contributed by atoms with Crippen molar-refractivity contribution in [2.24, 2.45) is 23.7 Å². The van der Waals surface area contributed by atoms with Gasteiger partial charge >= 0.3 is 0 Å². The lowest BCUT2D eigenvalue weighted by Crippen LogP contribution is -2.43. The Hall–Kier alpha value is -0.0600. The van der Waals surface area contributed by atoms with E-state index in [1.54, 1.807) is 11.9 Å². The zero-order valence-corrected chi connectivity index (χ0v) is 12.1. The van der Waals surface area contributed by atoms with Crippen LogP contribution in [0.2, 0.25) is 0 Å². The molecule has 3 N–H and O–H groups in total. The minimum absolute atomic E-state index is 0.344. The van der Waals surface area contributed by atoms with Gasteiger partial charge in [0, 0.05) is 11.6 Å². The number of nitrogens with one attached hydrogen (secondary N) is 3. The fraction of sp³-hybridized carbons (Fsp3) is 0.923. The van der Waals surface area contributed by atoms with Gasteiger partial charge in [-0.25, -0.2) is 4.72 Å². The number of rotatable bonds is 5. The molecule has 1 aliphatic carbocycles. The Balaban J connectivity index is 1.99. The molecule has 0 aromatic heterocycles. The van der Waals surface area contributed by atoms with E-state index >= 15 is 0 Å². The maximum atomic E-state index is 8.05. The predicted octanol–water partition coefficient (Wildman–Crippen LogP) is 2.84. The van der Waals surface area contributed by atoms with Gasteiger partial charge in [-0.1, -0.05) is 32.7 Å². The second-order valence-electron chi connectivity index (χ2n) is 5.95. The van der Waals surface area contributed by atoms with Crippen LogP contribution in [0.5, 0.6) is 0 Å². The lowest BCUT2D eigenvalue weighted by atomic mass is 9.82. The molecular formula is C13H25N3S. The summed E-state index contributed by atoms with van der Waals surface area (Å²) in [5.41, 5.74) is 0.814. The molecule has 4 atom stereocenters. The van der Waals surface area contributed by atoms with E-state index in [-0.39, 0.29) is 0 Å². The van der Waals surface area contributed by atoms with Crippen LogP contribution in [0.1, 0.15) is 40.5 Å². The van der Waals surface area contributed by atoms with Crippen molar-refractivity contribution in [1.82, 2.24) is 10.0 Å². The van der Waals surface area contributed by atoms with E-state index in [1.807, 2.05) is 6.92 Å². The van der Waals surface area contributed by atoms with Crippen molar-refractivity contribution < 1.29 is 0 Å². The van der Waals surface area contributed by atoms with Crippen molar-refractivity contribution in [1.29, 1.82) is 5.41 Å². The molecule has 2 aliphatic rings. The highest BCUT2D eigenvalue weighted by Crippen LogP contribution is 2.38. The molecule has 1 saturated heterocycles. The van der Waals surface area contributed by atoms with Crippen molar-refractivity contribution in [3.63, 3.8) is 0 Å². The van der Waals surface area contributed by atoms with Gasteiger partial charge in [-0.3, -0.25) is 5.32 Å².